The Balaban J connectivity index is 1.51. The molecule has 1 fully saturated rings. The second-order valence-electron chi connectivity index (χ2n) is 6.10. The molecule has 2 heterocycles. The maximum absolute atomic E-state index is 12.4. The Morgan fingerprint density at radius 3 is 3.00 bits per heavy atom. The van der Waals surface area contributed by atoms with Gasteiger partial charge in [0.2, 0.25) is 0 Å². The van der Waals surface area contributed by atoms with Crippen molar-refractivity contribution < 1.29 is 9.53 Å². The van der Waals surface area contributed by atoms with Crippen molar-refractivity contribution in [2.75, 3.05) is 19.6 Å². The summed E-state index contributed by atoms with van der Waals surface area (Å²) in [6.45, 7) is 5.52. The van der Waals surface area contributed by atoms with Crippen LogP contribution in [-0.2, 0) is 6.61 Å². The van der Waals surface area contributed by atoms with E-state index in [-0.39, 0.29) is 5.91 Å². The van der Waals surface area contributed by atoms with Gasteiger partial charge in [0.25, 0.3) is 5.91 Å². The van der Waals surface area contributed by atoms with Crippen LogP contribution in [-0.4, -0.2) is 41.5 Å². The number of carbonyl (C=O) groups excluding carboxylic acids is 1. The molecule has 0 spiro atoms. The minimum absolute atomic E-state index is 0.0554. The van der Waals surface area contributed by atoms with Gasteiger partial charge in [0.1, 0.15) is 12.4 Å². The fraction of sp³-hybridized carbons (Fsp3) is 0.444. The molecule has 1 aromatic carbocycles. The van der Waals surface area contributed by atoms with Gasteiger partial charge in [0.05, 0.1) is 11.2 Å². The monoisotopic (exact) mass is 345 g/mol. The fourth-order valence-corrected chi connectivity index (χ4v) is 3.39. The van der Waals surface area contributed by atoms with Crippen LogP contribution in [0.4, 0.5) is 0 Å². The van der Waals surface area contributed by atoms with Crippen molar-refractivity contribution in [3.8, 4) is 5.75 Å². The van der Waals surface area contributed by atoms with Crippen molar-refractivity contribution in [3.63, 3.8) is 0 Å². The zero-order valence-corrected chi connectivity index (χ0v) is 14.7. The summed E-state index contributed by atoms with van der Waals surface area (Å²) < 4.78 is 5.70. The van der Waals surface area contributed by atoms with Crippen LogP contribution in [0.5, 0.6) is 5.75 Å². The molecule has 1 aromatic heterocycles. The molecular formula is C18H23N3O2S. The molecule has 1 aliphatic heterocycles. The van der Waals surface area contributed by atoms with Gasteiger partial charge < -0.3 is 10.1 Å². The number of likely N-dealkylation sites (tertiary alicyclic amines) is 1. The molecule has 128 valence electrons. The Morgan fingerprint density at radius 1 is 1.42 bits per heavy atom. The number of hydrogen-bond acceptors (Lipinski definition) is 5. The van der Waals surface area contributed by atoms with E-state index in [9.17, 15) is 4.79 Å². The lowest BCUT2D eigenvalue weighted by Crippen LogP contribution is -2.40. The van der Waals surface area contributed by atoms with Crippen LogP contribution in [0.15, 0.2) is 35.2 Å². The van der Waals surface area contributed by atoms with Crippen molar-refractivity contribution >= 4 is 17.2 Å². The number of aromatic nitrogens is 1. The zero-order chi connectivity index (χ0) is 16.8. The number of hydrogen-bond donors (Lipinski definition) is 1. The Kier molecular flexibility index (Phi) is 5.82. The van der Waals surface area contributed by atoms with E-state index in [0.717, 1.165) is 18.8 Å². The first-order valence-electron chi connectivity index (χ1n) is 8.34. The number of amides is 1. The lowest BCUT2D eigenvalue weighted by molar-refractivity contribution is 0.0940. The summed E-state index contributed by atoms with van der Waals surface area (Å²) in [6.07, 6.45) is 2.52. The first-order chi connectivity index (χ1) is 11.7. The van der Waals surface area contributed by atoms with E-state index in [1.807, 2.05) is 23.6 Å². The fourth-order valence-electron chi connectivity index (χ4n) is 2.85. The Hall–Kier alpha value is -1.92. The average Bonchev–Trinajstić information content (AvgIpc) is 3.31. The predicted molar refractivity (Wildman–Crippen MR) is 95.5 cm³/mol. The van der Waals surface area contributed by atoms with Crippen LogP contribution in [0, 0.1) is 0 Å². The summed E-state index contributed by atoms with van der Waals surface area (Å²) in [5.74, 6) is 0.628. The average molecular weight is 345 g/mol. The van der Waals surface area contributed by atoms with Crippen molar-refractivity contribution in [3.05, 3.63) is 46.4 Å². The summed E-state index contributed by atoms with van der Waals surface area (Å²) in [4.78, 5) is 19.0. The highest BCUT2D eigenvalue weighted by atomic mass is 32.1. The van der Waals surface area contributed by atoms with Gasteiger partial charge in [0, 0.05) is 23.5 Å². The number of carbonyl (C=O) groups is 1. The van der Waals surface area contributed by atoms with Gasteiger partial charge in [-0.3, -0.25) is 9.69 Å². The smallest absolute Gasteiger partial charge is 0.251 e. The first kappa shape index (κ1) is 16.9. The van der Waals surface area contributed by atoms with Gasteiger partial charge in [-0.05, 0) is 51.1 Å². The highest BCUT2D eigenvalue weighted by molar-refractivity contribution is 7.07. The van der Waals surface area contributed by atoms with E-state index in [1.54, 1.807) is 22.9 Å². The van der Waals surface area contributed by atoms with Crippen molar-refractivity contribution in [1.29, 1.82) is 0 Å². The third kappa shape index (κ3) is 4.55. The summed E-state index contributed by atoms with van der Waals surface area (Å²) in [6, 6.07) is 7.67. The number of ether oxygens (including phenoxy) is 1. The molecule has 0 aliphatic carbocycles. The molecule has 1 N–H and O–H groups in total. The number of rotatable bonds is 7. The van der Waals surface area contributed by atoms with E-state index in [1.165, 1.54) is 12.8 Å². The van der Waals surface area contributed by atoms with Crippen LogP contribution in [0.2, 0.25) is 0 Å². The normalized spacial score (nSPS) is 16.0. The molecule has 0 bridgehead atoms. The van der Waals surface area contributed by atoms with E-state index in [2.05, 4.69) is 22.1 Å². The zero-order valence-electron chi connectivity index (χ0n) is 13.9. The highest BCUT2D eigenvalue weighted by Crippen LogP contribution is 2.16. The second-order valence-corrected chi connectivity index (χ2v) is 6.82. The second kappa shape index (κ2) is 8.26. The van der Waals surface area contributed by atoms with E-state index >= 15 is 0 Å². The van der Waals surface area contributed by atoms with Crippen LogP contribution in [0.3, 0.4) is 0 Å². The molecule has 0 radical (unpaired) electrons. The lowest BCUT2D eigenvalue weighted by atomic mass is 10.2. The Bertz CT molecular complexity index is 654. The molecule has 1 amide bonds. The van der Waals surface area contributed by atoms with Crippen LogP contribution < -0.4 is 10.1 Å². The maximum Gasteiger partial charge on any atom is 0.251 e. The lowest BCUT2D eigenvalue weighted by Gasteiger charge is -2.23. The molecule has 0 unspecified atom stereocenters. The third-order valence-corrected chi connectivity index (χ3v) is 4.92. The summed E-state index contributed by atoms with van der Waals surface area (Å²) >= 11 is 1.54. The number of nitrogens with zero attached hydrogens (tertiary/aromatic N) is 2. The van der Waals surface area contributed by atoms with Crippen molar-refractivity contribution in [2.24, 2.45) is 0 Å². The summed E-state index contributed by atoms with van der Waals surface area (Å²) in [7, 11) is 0. The Labute approximate surface area is 146 Å². The molecule has 1 aliphatic rings. The van der Waals surface area contributed by atoms with Crippen LogP contribution >= 0.6 is 11.3 Å². The third-order valence-electron chi connectivity index (χ3n) is 4.29. The van der Waals surface area contributed by atoms with Crippen molar-refractivity contribution in [1.82, 2.24) is 15.2 Å². The topological polar surface area (TPSA) is 54.5 Å². The molecule has 2 aromatic rings. The maximum atomic E-state index is 12.4. The van der Waals surface area contributed by atoms with E-state index in [4.69, 9.17) is 4.74 Å². The number of benzene rings is 1. The van der Waals surface area contributed by atoms with E-state index in [0.29, 0.717) is 30.5 Å². The van der Waals surface area contributed by atoms with Gasteiger partial charge in [-0.25, -0.2) is 4.98 Å². The minimum atomic E-state index is -0.0554. The largest absolute Gasteiger partial charge is 0.487 e. The predicted octanol–water partition coefficient (Wildman–Crippen LogP) is 2.94. The molecule has 6 heteroatoms. The quantitative estimate of drug-likeness (QED) is 0.838. The molecule has 0 saturated carbocycles. The molecule has 1 atom stereocenters. The number of thiazole rings is 1. The SMILES string of the molecule is C[C@@H](CNC(=O)c1cccc(OCc2cscn2)c1)N1CCCC1. The molecule has 1 saturated heterocycles. The number of nitrogens with one attached hydrogen (secondary N) is 1. The standard InChI is InChI=1S/C18H23N3O2S/c1-14(21-7-2-3-8-21)10-19-18(22)15-5-4-6-17(9-15)23-11-16-12-24-13-20-16/h4-6,9,12-14H,2-3,7-8,10-11H2,1H3,(H,19,22)/t14-/m0/s1. The van der Waals surface area contributed by atoms with Gasteiger partial charge in [-0.1, -0.05) is 6.07 Å². The molecule has 3 rings (SSSR count). The Morgan fingerprint density at radius 2 is 2.25 bits per heavy atom. The van der Waals surface area contributed by atoms with Gasteiger partial charge >= 0.3 is 0 Å². The molecule has 5 nitrogen and oxygen atoms in total. The molecular weight excluding hydrogens is 322 g/mol. The first-order valence-corrected chi connectivity index (χ1v) is 9.29. The van der Waals surface area contributed by atoms with Gasteiger partial charge in [-0.2, -0.15) is 0 Å². The molecule has 24 heavy (non-hydrogen) atoms. The summed E-state index contributed by atoms with van der Waals surface area (Å²) in [5, 5.41) is 4.98. The van der Waals surface area contributed by atoms with Crippen molar-refractivity contribution in [2.45, 2.75) is 32.4 Å². The minimum Gasteiger partial charge on any atom is -0.487 e. The van der Waals surface area contributed by atoms with Gasteiger partial charge in [-0.15, -0.1) is 11.3 Å². The van der Waals surface area contributed by atoms with Crippen LogP contribution in [0.1, 0.15) is 35.8 Å². The van der Waals surface area contributed by atoms with Gasteiger partial charge in [0.15, 0.2) is 0 Å². The van der Waals surface area contributed by atoms with E-state index < -0.39 is 0 Å². The summed E-state index contributed by atoms with van der Waals surface area (Å²) in [5.41, 5.74) is 3.30. The highest BCUT2D eigenvalue weighted by Gasteiger charge is 2.18. The van der Waals surface area contributed by atoms with Crippen LogP contribution in [0.25, 0.3) is 0 Å².